The van der Waals surface area contributed by atoms with E-state index < -0.39 is 0 Å². The van der Waals surface area contributed by atoms with Crippen LogP contribution < -0.4 is 10.6 Å². The zero-order valence-electron chi connectivity index (χ0n) is 14.1. The summed E-state index contributed by atoms with van der Waals surface area (Å²) in [6.07, 6.45) is 5.93. The summed E-state index contributed by atoms with van der Waals surface area (Å²) in [7, 11) is 1.65. The average Bonchev–Trinajstić information content (AvgIpc) is 3.24. The van der Waals surface area contributed by atoms with Crippen molar-refractivity contribution in [3.05, 3.63) is 18.1 Å². The fourth-order valence-electron chi connectivity index (χ4n) is 3.39. The van der Waals surface area contributed by atoms with E-state index in [0.717, 1.165) is 49.4 Å². The Kier molecular flexibility index (Phi) is 4.18. The Bertz CT molecular complexity index is 858. The molecule has 1 aliphatic rings. The third-order valence-corrected chi connectivity index (χ3v) is 4.45. The van der Waals surface area contributed by atoms with Crippen molar-refractivity contribution in [2.45, 2.75) is 26.0 Å². The number of nitrogens with one attached hydrogen (secondary N) is 1. The van der Waals surface area contributed by atoms with Crippen LogP contribution >= 0.6 is 0 Å². The summed E-state index contributed by atoms with van der Waals surface area (Å²) in [5.74, 6) is 1.57. The van der Waals surface area contributed by atoms with Gasteiger partial charge in [-0.2, -0.15) is 15.1 Å². The van der Waals surface area contributed by atoms with Crippen molar-refractivity contribution in [3.8, 4) is 0 Å². The van der Waals surface area contributed by atoms with Crippen LogP contribution in [0.15, 0.2) is 12.4 Å². The normalized spacial score (nSPS) is 18.1. The minimum atomic E-state index is 0.259. The number of nitrogens with zero attached hydrogens (tertiary/aromatic N) is 7. The van der Waals surface area contributed by atoms with Gasteiger partial charge in [0.25, 0.3) is 0 Å². The lowest BCUT2D eigenvalue weighted by molar-refractivity contribution is 0.181. The van der Waals surface area contributed by atoms with Crippen LogP contribution in [0.1, 0.15) is 18.5 Å². The van der Waals surface area contributed by atoms with E-state index in [4.69, 9.17) is 10.5 Å². The van der Waals surface area contributed by atoms with Gasteiger partial charge in [-0.1, -0.05) is 5.21 Å². The van der Waals surface area contributed by atoms with Crippen molar-refractivity contribution in [2.75, 3.05) is 30.8 Å². The van der Waals surface area contributed by atoms with E-state index in [2.05, 4.69) is 35.4 Å². The number of ether oxygens (including phenoxy) is 1. The van der Waals surface area contributed by atoms with Crippen LogP contribution in [-0.4, -0.2) is 55.4 Å². The molecular weight excluding hydrogens is 322 g/mol. The summed E-state index contributed by atoms with van der Waals surface area (Å²) in [4.78, 5) is 10.9. The van der Waals surface area contributed by atoms with Gasteiger partial charge in [0.15, 0.2) is 5.65 Å². The van der Waals surface area contributed by atoms with Crippen molar-refractivity contribution in [1.29, 1.82) is 0 Å². The fourth-order valence-corrected chi connectivity index (χ4v) is 3.39. The molecule has 3 aromatic rings. The van der Waals surface area contributed by atoms with Crippen LogP contribution in [0.3, 0.4) is 0 Å². The van der Waals surface area contributed by atoms with Gasteiger partial charge in [-0.15, -0.1) is 5.10 Å². The maximum absolute atomic E-state index is 5.85. The summed E-state index contributed by atoms with van der Waals surface area (Å²) in [5, 5.41) is 16.1. The number of hydrogen-bond donors (Lipinski definition) is 2. The van der Waals surface area contributed by atoms with Gasteiger partial charge >= 0.3 is 0 Å². The standard InChI is InChI=1S/C15H21N9O/c1-25-9-11-8-24(22-20-11)7-10-3-2-4-23(6-10)14-12-5-17-21-13(12)18-15(16)19-14/h5,8,10H,2-4,6-7,9H2,1H3,(H3,16,17,18,19,21)/t10-/m1/s1. The molecule has 3 N–H and O–H groups in total. The van der Waals surface area contributed by atoms with Crippen LogP contribution in [0.2, 0.25) is 0 Å². The summed E-state index contributed by atoms with van der Waals surface area (Å²) < 4.78 is 6.98. The maximum atomic E-state index is 5.85. The Balaban J connectivity index is 1.51. The van der Waals surface area contributed by atoms with Crippen molar-refractivity contribution in [2.24, 2.45) is 5.92 Å². The van der Waals surface area contributed by atoms with E-state index >= 15 is 0 Å². The highest BCUT2D eigenvalue weighted by molar-refractivity contribution is 5.87. The number of aromatic nitrogens is 7. The number of methoxy groups -OCH3 is 1. The predicted molar refractivity (Wildman–Crippen MR) is 91.8 cm³/mol. The summed E-state index contributed by atoms with van der Waals surface area (Å²) in [6.45, 7) is 3.13. The highest BCUT2D eigenvalue weighted by Gasteiger charge is 2.24. The van der Waals surface area contributed by atoms with Crippen LogP contribution in [0, 0.1) is 5.92 Å². The number of nitrogen functional groups attached to an aromatic ring is 1. The van der Waals surface area contributed by atoms with Gasteiger partial charge < -0.3 is 15.4 Å². The number of H-pyrrole nitrogens is 1. The molecule has 1 atom stereocenters. The highest BCUT2D eigenvalue weighted by atomic mass is 16.5. The van der Waals surface area contributed by atoms with Gasteiger partial charge in [-0.05, 0) is 18.8 Å². The van der Waals surface area contributed by atoms with Gasteiger partial charge in [0.1, 0.15) is 11.5 Å². The molecule has 0 aromatic carbocycles. The molecule has 1 saturated heterocycles. The molecule has 1 fully saturated rings. The molecule has 0 spiro atoms. The van der Waals surface area contributed by atoms with E-state index in [1.807, 2.05) is 10.9 Å². The van der Waals surface area contributed by atoms with E-state index in [1.165, 1.54) is 0 Å². The molecule has 0 radical (unpaired) electrons. The number of fused-ring (bicyclic) bond motifs is 1. The molecular formula is C15H21N9O. The first-order chi connectivity index (χ1) is 12.2. The number of nitrogens with two attached hydrogens (primary N) is 1. The van der Waals surface area contributed by atoms with Gasteiger partial charge in [-0.25, -0.2) is 0 Å². The summed E-state index contributed by atoms with van der Waals surface area (Å²) in [5.41, 5.74) is 7.37. The third kappa shape index (κ3) is 3.25. The lowest BCUT2D eigenvalue weighted by atomic mass is 9.98. The molecule has 0 amide bonds. The smallest absolute Gasteiger partial charge is 0.224 e. The molecule has 0 saturated carbocycles. The molecule has 3 aromatic heterocycles. The number of hydrogen-bond acceptors (Lipinski definition) is 8. The molecule has 0 aliphatic carbocycles. The fraction of sp³-hybridized carbons (Fsp3) is 0.533. The second kappa shape index (κ2) is 6.63. The van der Waals surface area contributed by atoms with Crippen LogP contribution in [0.25, 0.3) is 11.0 Å². The predicted octanol–water partition coefficient (Wildman–Crippen LogP) is 0.590. The van der Waals surface area contributed by atoms with Gasteiger partial charge in [0.2, 0.25) is 5.95 Å². The summed E-state index contributed by atoms with van der Waals surface area (Å²) in [6, 6.07) is 0. The largest absolute Gasteiger partial charge is 0.378 e. The lowest BCUT2D eigenvalue weighted by Gasteiger charge is -2.33. The van der Waals surface area contributed by atoms with Crippen molar-refractivity contribution < 1.29 is 4.74 Å². The Labute approximate surface area is 144 Å². The molecule has 0 unspecified atom stereocenters. The molecule has 25 heavy (non-hydrogen) atoms. The number of piperidine rings is 1. The molecule has 4 heterocycles. The van der Waals surface area contributed by atoms with Gasteiger partial charge in [0.05, 0.1) is 24.4 Å². The molecule has 1 aliphatic heterocycles. The number of aromatic amines is 1. The summed E-state index contributed by atoms with van der Waals surface area (Å²) >= 11 is 0. The first-order valence-electron chi connectivity index (χ1n) is 8.32. The number of rotatable bonds is 5. The van der Waals surface area contributed by atoms with Crippen molar-refractivity contribution >= 4 is 22.8 Å². The third-order valence-electron chi connectivity index (χ3n) is 4.45. The molecule has 4 rings (SSSR count). The topological polar surface area (TPSA) is 124 Å². The minimum absolute atomic E-state index is 0.259. The zero-order valence-corrected chi connectivity index (χ0v) is 14.1. The van der Waals surface area contributed by atoms with Gasteiger partial charge in [-0.3, -0.25) is 9.78 Å². The molecule has 10 heteroatoms. The molecule has 132 valence electrons. The second-order valence-corrected chi connectivity index (χ2v) is 6.36. The van der Waals surface area contributed by atoms with Crippen molar-refractivity contribution in [1.82, 2.24) is 35.2 Å². The monoisotopic (exact) mass is 343 g/mol. The Morgan fingerprint density at radius 2 is 2.32 bits per heavy atom. The Morgan fingerprint density at radius 3 is 3.20 bits per heavy atom. The Hall–Kier alpha value is -2.75. The van der Waals surface area contributed by atoms with Crippen molar-refractivity contribution in [3.63, 3.8) is 0 Å². The Morgan fingerprint density at radius 1 is 1.40 bits per heavy atom. The molecule has 0 bridgehead atoms. The van der Waals surface area contributed by atoms with Crippen LogP contribution in [0.5, 0.6) is 0 Å². The zero-order chi connectivity index (χ0) is 17.2. The minimum Gasteiger partial charge on any atom is -0.378 e. The van der Waals surface area contributed by atoms with Crippen LogP contribution in [0.4, 0.5) is 11.8 Å². The van der Waals surface area contributed by atoms with Crippen LogP contribution in [-0.2, 0) is 17.9 Å². The maximum Gasteiger partial charge on any atom is 0.224 e. The van der Waals surface area contributed by atoms with Gasteiger partial charge in [0, 0.05) is 26.7 Å². The van der Waals surface area contributed by atoms with E-state index in [1.54, 1.807) is 13.3 Å². The second-order valence-electron chi connectivity index (χ2n) is 6.36. The first-order valence-corrected chi connectivity index (χ1v) is 8.32. The average molecular weight is 343 g/mol. The van der Waals surface area contributed by atoms with E-state index in [0.29, 0.717) is 18.2 Å². The SMILES string of the molecule is COCc1cn(C[C@@H]2CCCN(c3nc(N)nc4[nH]ncc34)C2)nn1. The highest BCUT2D eigenvalue weighted by Crippen LogP contribution is 2.28. The quantitative estimate of drug-likeness (QED) is 0.690. The number of anilines is 2. The van der Waals surface area contributed by atoms with E-state index in [-0.39, 0.29) is 5.95 Å². The molecule has 10 nitrogen and oxygen atoms in total. The lowest BCUT2D eigenvalue weighted by Crippen LogP contribution is -2.38. The van der Waals surface area contributed by atoms with E-state index in [9.17, 15) is 0 Å². The first kappa shape index (κ1) is 15.8.